The molecule has 0 fully saturated rings. The number of aryl methyl sites for hydroxylation is 1. The van der Waals surface area contributed by atoms with Crippen molar-refractivity contribution in [3.05, 3.63) is 53.8 Å². The van der Waals surface area contributed by atoms with Crippen LogP contribution in [0.5, 0.6) is 11.5 Å². The Morgan fingerprint density at radius 2 is 1.83 bits per heavy atom. The fraction of sp³-hybridized carbons (Fsp3) is 0.278. The molecule has 0 aliphatic heterocycles. The van der Waals surface area contributed by atoms with Gasteiger partial charge in [0.1, 0.15) is 5.82 Å². The van der Waals surface area contributed by atoms with E-state index in [4.69, 9.17) is 9.47 Å². The molecule has 1 N–H and O–H groups in total. The normalized spacial score (nSPS) is 10.2. The molecule has 0 saturated carbocycles. The molecular formula is C18H20FNO3. The van der Waals surface area contributed by atoms with Gasteiger partial charge in [-0.2, -0.15) is 0 Å². The molecule has 0 aliphatic rings. The maximum atomic E-state index is 13.5. The molecular weight excluding hydrogens is 297 g/mol. The number of rotatable bonds is 7. The topological polar surface area (TPSA) is 47.6 Å². The van der Waals surface area contributed by atoms with E-state index in [0.29, 0.717) is 42.0 Å². The number of benzene rings is 2. The summed E-state index contributed by atoms with van der Waals surface area (Å²) in [6.07, 6.45) is 1.44. The Morgan fingerprint density at radius 1 is 1.09 bits per heavy atom. The molecule has 2 rings (SSSR count). The second-order valence-corrected chi connectivity index (χ2v) is 5.06. The van der Waals surface area contributed by atoms with E-state index in [0.717, 1.165) is 0 Å². The first kappa shape index (κ1) is 16.8. The number of carbonyl (C=O) groups is 1. The lowest BCUT2D eigenvalue weighted by Crippen LogP contribution is -2.11. The van der Waals surface area contributed by atoms with E-state index in [-0.39, 0.29) is 11.7 Å². The monoisotopic (exact) mass is 317 g/mol. The highest BCUT2D eigenvalue weighted by atomic mass is 19.1. The van der Waals surface area contributed by atoms with Crippen molar-refractivity contribution in [2.75, 3.05) is 19.5 Å². The molecule has 122 valence electrons. The summed E-state index contributed by atoms with van der Waals surface area (Å²) in [5, 5.41) is 2.80. The van der Waals surface area contributed by atoms with Gasteiger partial charge in [0.15, 0.2) is 11.5 Å². The number of halogens is 1. The second-order valence-electron chi connectivity index (χ2n) is 5.06. The third-order valence-electron chi connectivity index (χ3n) is 3.48. The standard InChI is InChI=1S/C18H20FNO3/c1-22-16-11-10-14(12-17(16)23-2)20-18(21)9-5-7-13-6-3-4-8-15(13)19/h3-4,6,8,10-12H,5,7,9H2,1-2H3,(H,20,21). The number of hydrogen-bond acceptors (Lipinski definition) is 3. The van der Waals surface area contributed by atoms with Crippen LogP contribution in [0, 0.1) is 5.82 Å². The van der Waals surface area contributed by atoms with E-state index in [2.05, 4.69) is 5.32 Å². The quantitative estimate of drug-likeness (QED) is 0.845. The minimum absolute atomic E-state index is 0.117. The van der Waals surface area contributed by atoms with Crippen LogP contribution < -0.4 is 14.8 Å². The highest BCUT2D eigenvalue weighted by Crippen LogP contribution is 2.29. The van der Waals surface area contributed by atoms with Crippen LogP contribution in [0.1, 0.15) is 18.4 Å². The van der Waals surface area contributed by atoms with Crippen molar-refractivity contribution in [3.63, 3.8) is 0 Å². The summed E-state index contributed by atoms with van der Waals surface area (Å²) in [6, 6.07) is 11.8. The van der Waals surface area contributed by atoms with Crippen molar-refractivity contribution in [1.29, 1.82) is 0 Å². The van der Waals surface area contributed by atoms with Crippen LogP contribution in [-0.4, -0.2) is 20.1 Å². The van der Waals surface area contributed by atoms with Crippen LogP contribution in [0.25, 0.3) is 0 Å². The van der Waals surface area contributed by atoms with Crippen LogP contribution in [0.15, 0.2) is 42.5 Å². The Hall–Kier alpha value is -2.56. The summed E-state index contributed by atoms with van der Waals surface area (Å²) in [5.74, 6) is 0.808. The van der Waals surface area contributed by atoms with Gasteiger partial charge in [0.2, 0.25) is 5.91 Å². The Kier molecular flexibility index (Phi) is 5.97. The summed E-state index contributed by atoms with van der Waals surface area (Å²) < 4.78 is 23.8. The Labute approximate surface area is 135 Å². The largest absolute Gasteiger partial charge is 0.493 e. The van der Waals surface area contributed by atoms with Gasteiger partial charge < -0.3 is 14.8 Å². The molecule has 0 atom stereocenters. The minimum Gasteiger partial charge on any atom is -0.493 e. The fourth-order valence-electron chi connectivity index (χ4n) is 2.28. The first-order valence-electron chi connectivity index (χ1n) is 7.39. The number of amides is 1. The van der Waals surface area contributed by atoms with E-state index >= 15 is 0 Å². The van der Waals surface area contributed by atoms with Gasteiger partial charge in [-0.25, -0.2) is 4.39 Å². The van der Waals surface area contributed by atoms with E-state index < -0.39 is 0 Å². The molecule has 2 aromatic carbocycles. The molecule has 0 unspecified atom stereocenters. The number of anilines is 1. The molecule has 4 nitrogen and oxygen atoms in total. The van der Waals surface area contributed by atoms with Gasteiger partial charge in [-0.3, -0.25) is 4.79 Å². The smallest absolute Gasteiger partial charge is 0.224 e. The Bertz CT molecular complexity index is 673. The second kappa shape index (κ2) is 8.17. The average molecular weight is 317 g/mol. The summed E-state index contributed by atoms with van der Waals surface area (Å²) in [6.45, 7) is 0. The lowest BCUT2D eigenvalue weighted by molar-refractivity contribution is -0.116. The molecule has 2 aromatic rings. The minimum atomic E-state index is -0.229. The highest BCUT2D eigenvalue weighted by Gasteiger charge is 2.08. The molecule has 0 aromatic heterocycles. The summed E-state index contributed by atoms with van der Waals surface area (Å²) >= 11 is 0. The van der Waals surface area contributed by atoms with Gasteiger partial charge in [0, 0.05) is 18.2 Å². The van der Waals surface area contributed by atoms with Gasteiger partial charge in [0.05, 0.1) is 14.2 Å². The van der Waals surface area contributed by atoms with Gasteiger partial charge >= 0.3 is 0 Å². The number of carbonyl (C=O) groups excluding carboxylic acids is 1. The zero-order valence-corrected chi connectivity index (χ0v) is 13.3. The van der Waals surface area contributed by atoms with Crippen LogP contribution in [0.3, 0.4) is 0 Å². The maximum absolute atomic E-state index is 13.5. The lowest BCUT2D eigenvalue weighted by Gasteiger charge is -2.10. The SMILES string of the molecule is COc1ccc(NC(=O)CCCc2ccccc2F)cc1OC. The van der Waals surface area contributed by atoms with Gasteiger partial charge in [0.25, 0.3) is 0 Å². The first-order valence-corrected chi connectivity index (χ1v) is 7.39. The first-order chi connectivity index (χ1) is 11.1. The Morgan fingerprint density at radius 3 is 2.52 bits per heavy atom. The molecule has 0 aliphatic carbocycles. The molecule has 1 amide bonds. The van der Waals surface area contributed by atoms with Crippen molar-refractivity contribution in [2.24, 2.45) is 0 Å². The molecule has 0 spiro atoms. The summed E-state index contributed by atoms with van der Waals surface area (Å²) in [5.41, 5.74) is 1.27. The van der Waals surface area contributed by atoms with Crippen LogP contribution in [0.4, 0.5) is 10.1 Å². The van der Waals surface area contributed by atoms with Crippen molar-refractivity contribution >= 4 is 11.6 Å². The van der Waals surface area contributed by atoms with Crippen LogP contribution in [0.2, 0.25) is 0 Å². The highest BCUT2D eigenvalue weighted by molar-refractivity contribution is 5.91. The number of methoxy groups -OCH3 is 2. The zero-order chi connectivity index (χ0) is 16.7. The van der Waals surface area contributed by atoms with E-state index in [1.54, 1.807) is 43.5 Å². The van der Waals surface area contributed by atoms with Crippen molar-refractivity contribution in [1.82, 2.24) is 0 Å². The van der Waals surface area contributed by atoms with Crippen molar-refractivity contribution < 1.29 is 18.7 Å². The van der Waals surface area contributed by atoms with Crippen molar-refractivity contribution in [3.8, 4) is 11.5 Å². The number of nitrogens with one attached hydrogen (secondary N) is 1. The van der Waals surface area contributed by atoms with E-state index in [1.807, 2.05) is 0 Å². The summed E-state index contributed by atoms with van der Waals surface area (Å²) in [4.78, 5) is 12.0. The summed E-state index contributed by atoms with van der Waals surface area (Å²) in [7, 11) is 3.09. The predicted octanol–water partition coefficient (Wildman–Crippen LogP) is 3.80. The molecule has 0 saturated heterocycles. The average Bonchev–Trinajstić information content (AvgIpc) is 2.56. The van der Waals surface area contributed by atoms with Crippen LogP contribution >= 0.6 is 0 Å². The number of ether oxygens (including phenoxy) is 2. The predicted molar refractivity (Wildman–Crippen MR) is 87.5 cm³/mol. The van der Waals surface area contributed by atoms with Gasteiger partial charge in [-0.15, -0.1) is 0 Å². The van der Waals surface area contributed by atoms with Crippen LogP contribution in [-0.2, 0) is 11.2 Å². The van der Waals surface area contributed by atoms with E-state index in [1.165, 1.54) is 13.2 Å². The van der Waals surface area contributed by atoms with Gasteiger partial charge in [-0.1, -0.05) is 18.2 Å². The molecule has 0 radical (unpaired) electrons. The third-order valence-corrected chi connectivity index (χ3v) is 3.48. The molecule has 0 bridgehead atoms. The zero-order valence-electron chi connectivity index (χ0n) is 13.3. The molecule has 0 heterocycles. The number of hydrogen-bond donors (Lipinski definition) is 1. The van der Waals surface area contributed by atoms with E-state index in [9.17, 15) is 9.18 Å². The maximum Gasteiger partial charge on any atom is 0.224 e. The lowest BCUT2D eigenvalue weighted by atomic mass is 10.1. The van der Waals surface area contributed by atoms with Gasteiger partial charge in [-0.05, 0) is 36.6 Å². The molecule has 5 heteroatoms. The fourth-order valence-corrected chi connectivity index (χ4v) is 2.28. The Balaban J connectivity index is 1.86. The third kappa shape index (κ3) is 4.71. The molecule has 23 heavy (non-hydrogen) atoms. The van der Waals surface area contributed by atoms with Crippen molar-refractivity contribution in [2.45, 2.75) is 19.3 Å².